The molecule has 1 fully saturated rings. The van der Waals surface area contributed by atoms with E-state index in [-0.39, 0.29) is 12.5 Å². The van der Waals surface area contributed by atoms with Gasteiger partial charge >= 0.3 is 0 Å². The van der Waals surface area contributed by atoms with Crippen molar-refractivity contribution >= 4 is 29.0 Å². The van der Waals surface area contributed by atoms with Crippen molar-refractivity contribution in [1.29, 1.82) is 0 Å². The number of aryl methyl sites for hydroxylation is 1. The van der Waals surface area contributed by atoms with Gasteiger partial charge in [-0.2, -0.15) is 4.98 Å². The molecule has 1 N–H and O–H groups in total. The topological polar surface area (TPSA) is 80.9 Å². The zero-order chi connectivity index (χ0) is 17.9. The lowest BCUT2D eigenvalue weighted by Gasteiger charge is -2.04. The fourth-order valence-corrected chi connectivity index (χ4v) is 3.95. The Labute approximate surface area is 159 Å². The number of carbonyl (C=O) groups excluding carboxylic acids is 1. The van der Waals surface area contributed by atoms with Crippen LogP contribution < -0.4 is 5.32 Å². The smallest absolute Gasteiger partial charge is 0.251 e. The normalized spacial score (nSPS) is 13.7. The van der Waals surface area contributed by atoms with Crippen LogP contribution in [0.3, 0.4) is 0 Å². The second-order valence-corrected chi connectivity index (χ2v) is 8.29. The van der Waals surface area contributed by atoms with E-state index in [4.69, 9.17) is 4.52 Å². The number of thioether (sulfide) groups is 1. The van der Waals surface area contributed by atoms with Gasteiger partial charge < -0.3 is 9.84 Å². The largest absolute Gasteiger partial charge is 0.343 e. The lowest BCUT2D eigenvalue weighted by molar-refractivity contribution is 0.0946. The highest BCUT2D eigenvalue weighted by atomic mass is 32.2. The van der Waals surface area contributed by atoms with Crippen LogP contribution in [-0.4, -0.2) is 21.0 Å². The molecule has 3 aromatic rings. The maximum atomic E-state index is 12.2. The number of aromatic nitrogens is 3. The lowest BCUT2D eigenvalue weighted by atomic mass is 10.2. The van der Waals surface area contributed by atoms with Crippen molar-refractivity contribution in [3.05, 3.63) is 57.6 Å². The number of rotatable bonds is 7. The zero-order valence-electron chi connectivity index (χ0n) is 14.3. The van der Waals surface area contributed by atoms with Crippen molar-refractivity contribution < 1.29 is 9.32 Å². The third kappa shape index (κ3) is 4.31. The molecule has 1 aromatic carbocycles. The second kappa shape index (κ2) is 7.59. The van der Waals surface area contributed by atoms with Gasteiger partial charge in [0.05, 0.1) is 17.2 Å². The maximum absolute atomic E-state index is 12.2. The summed E-state index contributed by atoms with van der Waals surface area (Å²) in [6, 6.07) is 7.56. The van der Waals surface area contributed by atoms with E-state index in [0.717, 1.165) is 40.0 Å². The van der Waals surface area contributed by atoms with Crippen LogP contribution in [0.15, 0.2) is 39.1 Å². The van der Waals surface area contributed by atoms with Gasteiger partial charge in [-0.25, -0.2) is 4.98 Å². The van der Waals surface area contributed by atoms with E-state index in [1.54, 1.807) is 23.1 Å². The Kier molecular flexibility index (Phi) is 5.03. The summed E-state index contributed by atoms with van der Waals surface area (Å²) in [5.74, 6) is 2.33. The first-order valence-electron chi connectivity index (χ1n) is 8.42. The zero-order valence-corrected chi connectivity index (χ0v) is 15.9. The van der Waals surface area contributed by atoms with Crippen LogP contribution in [0.1, 0.15) is 51.5 Å². The van der Waals surface area contributed by atoms with Crippen molar-refractivity contribution in [3.8, 4) is 0 Å². The summed E-state index contributed by atoms with van der Waals surface area (Å²) in [5.41, 5.74) is 1.70. The summed E-state index contributed by atoms with van der Waals surface area (Å²) in [6.07, 6.45) is 2.25. The SMILES string of the molecule is Cc1nc(CSc2ccc(C(=O)NCc3nc(C4CC4)no3)cc2)cs1. The quantitative estimate of drug-likeness (QED) is 0.620. The number of hydrogen-bond acceptors (Lipinski definition) is 7. The van der Waals surface area contributed by atoms with Gasteiger partial charge in [-0.3, -0.25) is 4.79 Å². The summed E-state index contributed by atoms with van der Waals surface area (Å²) in [5, 5.41) is 9.92. The van der Waals surface area contributed by atoms with Crippen molar-refractivity contribution in [1.82, 2.24) is 20.4 Å². The van der Waals surface area contributed by atoms with Crippen LogP contribution in [-0.2, 0) is 12.3 Å². The minimum absolute atomic E-state index is 0.150. The van der Waals surface area contributed by atoms with Crippen molar-refractivity contribution in [3.63, 3.8) is 0 Å². The van der Waals surface area contributed by atoms with Crippen LogP contribution in [0.2, 0.25) is 0 Å². The minimum atomic E-state index is -0.150. The predicted octanol–water partition coefficient (Wildman–Crippen LogP) is 3.93. The Balaban J connectivity index is 1.28. The van der Waals surface area contributed by atoms with Crippen molar-refractivity contribution in [2.24, 2.45) is 0 Å². The van der Waals surface area contributed by atoms with E-state index in [9.17, 15) is 4.79 Å². The second-order valence-electron chi connectivity index (χ2n) is 6.17. The van der Waals surface area contributed by atoms with Crippen LogP contribution in [0.25, 0.3) is 0 Å². The van der Waals surface area contributed by atoms with E-state index < -0.39 is 0 Å². The van der Waals surface area contributed by atoms with E-state index in [2.05, 4.69) is 25.8 Å². The number of nitrogens with one attached hydrogen (secondary N) is 1. The molecule has 1 aliphatic carbocycles. The molecule has 8 heteroatoms. The average molecular weight is 387 g/mol. The van der Waals surface area contributed by atoms with E-state index in [1.165, 1.54) is 0 Å². The number of hydrogen-bond donors (Lipinski definition) is 1. The molecule has 1 saturated carbocycles. The molecule has 0 bridgehead atoms. The Hall–Kier alpha value is -2.19. The van der Waals surface area contributed by atoms with Crippen molar-refractivity contribution in [2.75, 3.05) is 0 Å². The van der Waals surface area contributed by atoms with Gasteiger partial charge in [0, 0.05) is 27.5 Å². The number of benzene rings is 1. The predicted molar refractivity (Wildman–Crippen MR) is 100 cm³/mol. The highest BCUT2D eigenvalue weighted by Crippen LogP contribution is 2.38. The molecule has 0 atom stereocenters. The first-order valence-corrected chi connectivity index (χ1v) is 10.3. The van der Waals surface area contributed by atoms with Crippen molar-refractivity contribution in [2.45, 2.75) is 42.9 Å². The molecular formula is C18H18N4O2S2. The molecule has 4 rings (SSSR count). The minimum Gasteiger partial charge on any atom is -0.343 e. The number of amides is 1. The van der Waals surface area contributed by atoms with E-state index >= 15 is 0 Å². The maximum Gasteiger partial charge on any atom is 0.251 e. The molecule has 2 aromatic heterocycles. The summed E-state index contributed by atoms with van der Waals surface area (Å²) >= 11 is 3.37. The molecular weight excluding hydrogens is 368 g/mol. The molecule has 26 heavy (non-hydrogen) atoms. The standard InChI is InChI=1S/C18H18N4O2S2/c1-11-20-14(9-25-11)10-26-15-6-4-13(5-7-15)18(23)19-8-16-21-17(22-24-16)12-2-3-12/h4-7,9,12H,2-3,8,10H2,1H3,(H,19,23). The summed E-state index contributed by atoms with van der Waals surface area (Å²) in [7, 11) is 0. The van der Waals surface area contributed by atoms with Crippen LogP contribution >= 0.6 is 23.1 Å². The first kappa shape index (κ1) is 17.2. The van der Waals surface area contributed by atoms with Crippen LogP contribution in [0, 0.1) is 6.92 Å². The Morgan fingerprint density at radius 1 is 1.31 bits per heavy atom. The van der Waals surface area contributed by atoms with Gasteiger partial charge in [0.1, 0.15) is 0 Å². The molecule has 6 nitrogen and oxygen atoms in total. The van der Waals surface area contributed by atoms with Gasteiger partial charge in [0.15, 0.2) is 5.82 Å². The number of carbonyl (C=O) groups is 1. The van der Waals surface area contributed by atoms with Gasteiger partial charge in [-0.15, -0.1) is 23.1 Å². The molecule has 134 valence electrons. The lowest BCUT2D eigenvalue weighted by Crippen LogP contribution is -2.22. The fourth-order valence-electron chi connectivity index (χ4n) is 2.44. The highest BCUT2D eigenvalue weighted by molar-refractivity contribution is 7.98. The van der Waals surface area contributed by atoms with Gasteiger partial charge in [0.2, 0.25) is 5.89 Å². The molecule has 0 saturated heterocycles. The highest BCUT2D eigenvalue weighted by Gasteiger charge is 2.28. The van der Waals surface area contributed by atoms with Gasteiger partial charge in [0.25, 0.3) is 5.91 Å². The summed E-state index contributed by atoms with van der Waals surface area (Å²) < 4.78 is 5.16. The fraction of sp³-hybridized carbons (Fsp3) is 0.333. The van der Waals surface area contributed by atoms with Gasteiger partial charge in [-0.05, 0) is 44.0 Å². The molecule has 0 spiro atoms. The van der Waals surface area contributed by atoms with E-state index in [0.29, 0.717) is 17.4 Å². The van der Waals surface area contributed by atoms with E-state index in [1.807, 2.05) is 31.2 Å². The number of thiazole rings is 1. The third-order valence-corrected chi connectivity index (χ3v) is 5.86. The van der Waals surface area contributed by atoms with Crippen LogP contribution in [0.5, 0.6) is 0 Å². The Morgan fingerprint density at radius 3 is 2.81 bits per heavy atom. The first-order chi connectivity index (χ1) is 12.7. The number of nitrogens with zero attached hydrogens (tertiary/aromatic N) is 3. The molecule has 0 radical (unpaired) electrons. The third-order valence-electron chi connectivity index (χ3n) is 4.00. The van der Waals surface area contributed by atoms with Gasteiger partial charge in [-0.1, -0.05) is 5.16 Å². The Morgan fingerprint density at radius 2 is 2.12 bits per heavy atom. The molecule has 0 unspecified atom stereocenters. The summed E-state index contributed by atoms with van der Waals surface area (Å²) in [6.45, 7) is 2.26. The average Bonchev–Trinajstić information content (AvgIpc) is 3.25. The summed E-state index contributed by atoms with van der Waals surface area (Å²) in [4.78, 5) is 22.1. The Bertz CT molecular complexity index is 900. The molecule has 1 amide bonds. The molecule has 1 aliphatic rings. The molecule has 0 aliphatic heterocycles. The van der Waals surface area contributed by atoms with Crippen LogP contribution in [0.4, 0.5) is 0 Å². The monoisotopic (exact) mass is 386 g/mol. The molecule has 2 heterocycles.